The summed E-state index contributed by atoms with van der Waals surface area (Å²) < 4.78 is 4.88. The van der Waals surface area contributed by atoms with Gasteiger partial charge in [0.15, 0.2) is 4.34 Å². The topological polar surface area (TPSA) is 51.8 Å². The van der Waals surface area contributed by atoms with Gasteiger partial charge in [-0.25, -0.2) is 4.98 Å². The van der Waals surface area contributed by atoms with Gasteiger partial charge >= 0.3 is 0 Å². The molecular formula is C11H12ClN3S2. The summed E-state index contributed by atoms with van der Waals surface area (Å²) in [6.07, 6.45) is 2.35. The number of nitrogens with zero attached hydrogens (tertiary/aromatic N) is 2. The smallest absolute Gasteiger partial charge is 0.174 e. The van der Waals surface area contributed by atoms with Crippen molar-refractivity contribution in [2.45, 2.75) is 28.6 Å². The minimum atomic E-state index is 0.120. The second-order valence-electron chi connectivity index (χ2n) is 3.74. The number of nitrogens with two attached hydrogens (primary N) is 1. The summed E-state index contributed by atoms with van der Waals surface area (Å²) in [5.74, 6) is 0. The van der Waals surface area contributed by atoms with E-state index in [1.807, 2.05) is 25.1 Å². The van der Waals surface area contributed by atoms with Crippen LogP contribution >= 0.6 is 34.9 Å². The highest BCUT2D eigenvalue weighted by atomic mass is 35.5. The molecule has 1 unspecified atom stereocenters. The number of rotatable bonds is 4. The van der Waals surface area contributed by atoms with Crippen LogP contribution in [-0.4, -0.2) is 15.4 Å². The summed E-state index contributed by atoms with van der Waals surface area (Å²) in [7, 11) is 0. The average Bonchev–Trinajstić information content (AvgIpc) is 2.74. The highest BCUT2D eigenvalue weighted by molar-refractivity contribution is 8.01. The Kier molecular flexibility index (Phi) is 4.39. The minimum absolute atomic E-state index is 0.120. The third kappa shape index (κ3) is 3.67. The third-order valence-corrected chi connectivity index (χ3v) is 4.17. The predicted molar refractivity (Wildman–Crippen MR) is 72.8 cm³/mol. The lowest BCUT2D eigenvalue weighted by atomic mass is 10.1. The van der Waals surface area contributed by atoms with Gasteiger partial charge in [-0.2, -0.15) is 4.37 Å². The van der Waals surface area contributed by atoms with Crippen LogP contribution < -0.4 is 5.73 Å². The fraction of sp³-hybridized carbons (Fsp3) is 0.273. The fourth-order valence-electron chi connectivity index (χ4n) is 1.41. The summed E-state index contributed by atoms with van der Waals surface area (Å²) in [4.78, 5) is 5.19. The van der Waals surface area contributed by atoms with E-state index in [1.165, 1.54) is 11.5 Å². The second kappa shape index (κ2) is 5.82. The predicted octanol–water partition coefficient (Wildman–Crippen LogP) is 3.23. The van der Waals surface area contributed by atoms with Crippen molar-refractivity contribution in [2.75, 3.05) is 0 Å². The molecule has 1 heterocycles. The van der Waals surface area contributed by atoms with E-state index in [-0.39, 0.29) is 6.04 Å². The summed E-state index contributed by atoms with van der Waals surface area (Å²) in [6.45, 7) is 1.97. The van der Waals surface area contributed by atoms with Gasteiger partial charge in [-0.05, 0) is 42.6 Å². The van der Waals surface area contributed by atoms with Crippen molar-refractivity contribution < 1.29 is 0 Å². The molecule has 2 rings (SSSR count). The molecule has 1 aromatic heterocycles. The Morgan fingerprint density at radius 2 is 2.35 bits per heavy atom. The van der Waals surface area contributed by atoms with E-state index in [0.29, 0.717) is 0 Å². The molecule has 3 nitrogen and oxygen atoms in total. The van der Waals surface area contributed by atoms with Crippen molar-refractivity contribution in [1.82, 2.24) is 9.36 Å². The first kappa shape index (κ1) is 12.8. The van der Waals surface area contributed by atoms with Crippen LogP contribution in [0.4, 0.5) is 0 Å². The van der Waals surface area contributed by atoms with Gasteiger partial charge in [0.1, 0.15) is 6.33 Å². The highest BCUT2D eigenvalue weighted by Gasteiger charge is 2.06. The maximum absolute atomic E-state index is 6.21. The van der Waals surface area contributed by atoms with Crippen LogP contribution in [0.15, 0.2) is 33.8 Å². The molecule has 1 atom stereocenters. The lowest BCUT2D eigenvalue weighted by Gasteiger charge is -2.08. The van der Waals surface area contributed by atoms with Crippen molar-refractivity contribution in [2.24, 2.45) is 5.73 Å². The molecule has 0 saturated heterocycles. The monoisotopic (exact) mass is 285 g/mol. The van der Waals surface area contributed by atoms with Crippen molar-refractivity contribution in [3.63, 3.8) is 0 Å². The SMILES string of the molecule is CC(N)Cc1ccc(Sc2ncns2)cc1Cl. The van der Waals surface area contributed by atoms with Crippen molar-refractivity contribution >= 4 is 34.9 Å². The van der Waals surface area contributed by atoms with Crippen LogP contribution in [0.1, 0.15) is 12.5 Å². The molecule has 0 saturated carbocycles. The van der Waals surface area contributed by atoms with Crippen LogP contribution in [0.2, 0.25) is 5.02 Å². The van der Waals surface area contributed by atoms with Crippen LogP contribution in [0.5, 0.6) is 0 Å². The largest absolute Gasteiger partial charge is 0.328 e. The second-order valence-corrected chi connectivity index (χ2v) is 6.25. The Morgan fingerprint density at radius 1 is 1.53 bits per heavy atom. The van der Waals surface area contributed by atoms with E-state index >= 15 is 0 Å². The van der Waals surface area contributed by atoms with Crippen LogP contribution in [0.3, 0.4) is 0 Å². The van der Waals surface area contributed by atoms with Gasteiger partial charge in [0, 0.05) is 16.0 Å². The average molecular weight is 286 g/mol. The van der Waals surface area contributed by atoms with E-state index in [1.54, 1.807) is 18.1 Å². The van der Waals surface area contributed by atoms with Crippen molar-refractivity contribution in [1.29, 1.82) is 0 Å². The summed E-state index contributed by atoms with van der Waals surface area (Å²) in [6, 6.07) is 6.13. The van der Waals surface area contributed by atoms with Crippen LogP contribution in [-0.2, 0) is 6.42 Å². The molecule has 2 N–H and O–H groups in total. The molecule has 0 radical (unpaired) electrons. The zero-order chi connectivity index (χ0) is 12.3. The summed E-state index contributed by atoms with van der Waals surface area (Å²) >= 11 is 9.15. The van der Waals surface area contributed by atoms with Gasteiger partial charge in [0.25, 0.3) is 0 Å². The molecule has 0 aliphatic heterocycles. The van der Waals surface area contributed by atoms with Crippen molar-refractivity contribution in [3.05, 3.63) is 35.1 Å². The molecule has 0 aliphatic rings. The molecule has 1 aromatic carbocycles. The molecule has 0 bridgehead atoms. The van der Waals surface area contributed by atoms with Gasteiger partial charge in [-0.3, -0.25) is 0 Å². The summed E-state index contributed by atoms with van der Waals surface area (Å²) in [5, 5.41) is 0.761. The van der Waals surface area contributed by atoms with Gasteiger partial charge in [-0.1, -0.05) is 29.4 Å². The maximum atomic E-state index is 6.21. The van der Waals surface area contributed by atoms with E-state index in [0.717, 1.165) is 26.2 Å². The minimum Gasteiger partial charge on any atom is -0.328 e. The van der Waals surface area contributed by atoms with Gasteiger partial charge in [0.05, 0.1) is 0 Å². The molecule has 2 aromatic rings. The van der Waals surface area contributed by atoms with Gasteiger partial charge < -0.3 is 5.73 Å². The Morgan fingerprint density at radius 3 is 2.94 bits per heavy atom. The molecule has 0 amide bonds. The first-order valence-corrected chi connectivity index (χ1v) is 7.10. The molecule has 90 valence electrons. The zero-order valence-corrected chi connectivity index (χ0v) is 11.6. The lowest BCUT2D eigenvalue weighted by Crippen LogP contribution is -2.17. The number of benzene rings is 1. The number of halogens is 1. The Labute approximate surface area is 114 Å². The number of hydrogen-bond acceptors (Lipinski definition) is 5. The zero-order valence-electron chi connectivity index (χ0n) is 9.26. The summed E-state index contributed by atoms with van der Waals surface area (Å²) in [5.41, 5.74) is 6.85. The molecule has 6 heteroatoms. The van der Waals surface area contributed by atoms with Crippen LogP contribution in [0, 0.1) is 0 Å². The first-order chi connectivity index (χ1) is 8.15. The van der Waals surface area contributed by atoms with E-state index < -0.39 is 0 Å². The lowest BCUT2D eigenvalue weighted by molar-refractivity contribution is 0.738. The highest BCUT2D eigenvalue weighted by Crippen LogP contribution is 2.31. The first-order valence-electron chi connectivity index (χ1n) is 5.13. The molecule has 0 fully saturated rings. The maximum Gasteiger partial charge on any atom is 0.174 e. The number of aromatic nitrogens is 2. The van der Waals surface area contributed by atoms with Gasteiger partial charge in [-0.15, -0.1) is 0 Å². The molecule has 17 heavy (non-hydrogen) atoms. The van der Waals surface area contributed by atoms with E-state index in [2.05, 4.69) is 9.36 Å². The third-order valence-electron chi connectivity index (χ3n) is 2.11. The quantitative estimate of drug-likeness (QED) is 0.937. The van der Waals surface area contributed by atoms with E-state index in [9.17, 15) is 0 Å². The van der Waals surface area contributed by atoms with Gasteiger partial charge in [0.2, 0.25) is 0 Å². The Balaban J connectivity index is 2.13. The Hall–Kier alpha value is -0.620. The molecule has 0 aliphatic carbocycles. The molecule has 0 spiro atoms. The fourth-order valence-corrected chi connectivity index (χ4v) is 3.19. The van der Waals surface area contributed by atoms with Crippen LogP contribution in [0.25, 0.3) is 0 Å². The Bertz CT molecular complexity index is 485. The van der Waals surface area contributed by atoms with E-state index in [4.69, 9.17) is 17.3 Å². The standard InChI is InChI=1S/C11H12ClN3S2/c1-7(13)4-8-2-3-9(5-10(8)12)16-11-14-6-15-17-11/h2-3,5-7H,4,13H2,1H3. The van der Waals surface area contributed by atoms with Crippen molar-refractivity contribution in [3.8, 4) is 0 Å². The molecular weight excluding hydrogens is 274 g/mol. The number of hydrogen-bond donors (Lipinski definition) is 1. The normalized spacial score (nSPS) is 12.6.